The lowest BCUT2D eigenvalue weighted by Gasteiger charge is -2.31. The zero-order valence-electron chi connectivity index (χ0n) is 20.4. The minimum absolute atomic E-state index is 0.0281. The third-order valence-corrected chi connectivity index (χ3v) is 6.64. The molecule has 0 aromatic heterocycles. The molecule has 0 bridgehead atoms. The number of rotatable bonds is 5. The third kappa shape index (κ3) is 6.45. The summed E-state index contributed by atoms with van der Waals surface area (Å²) in [5.74, 6) is 1.56. The maximum atomic E-state index is 14.2. The molecule has 5 rings (SSSR count). The van der Waals surface area contributed by atoms with Crippen molar-refractivity contribution < 1.29 is 24.1 Å². The van der Waals surface area contributed by atoms with E-state index in [1.165, 1.54) is 25.6 Å². The van der Waals surface area contributed by atoms with Crippen molar-refractivity contribution in [1.82, 2.24) is 4.90 Å². The van der Waals surface area contributed by atoms with E-state index in [0.717, 1.165) is 23.8 Å². The fourth-order valence-corrected chi connectivity index (χ4v) is 4.70. The predicted octanol–water partition coefficient (Wildman–Crippen LogP) is 6.27. The smallest absolute Gasteiger partial charge is 0.171 e. The molecule has 3 atom stereocenters. The highest BCUT2D eigenvalue weighted by molar-refractivity contribution is 5.45. The second-order valence-corrected chi connectivity index (χ2v) is 9.50. The Morgan fingerprint density at radius 3 is 2.37 bits per heavy atom. The largest absolute Gasteiger partial charge is 0.508 e. The molecular weight excluding hydrogens is 445 g/mol. The van der Waals surface area contributed by atoms with E-state index in [-0.39, 0.29) is 17.8 Å². The maximum absolute atomic E-state index is 14.2. The van der Waals surface area contributed by atoms with Crippen molar-refractivity contribution in [3.05, 3.63) is 83.7 Å². The summed E-state index contributed by atoms with van der Waals surface area (Å²) in [4.78, 5) is 2.45. The Labute approximate surface area is 206 Å². The number of benzene rings is 3. The first kappa shape index (κ1) is 24.9. The Morgan fingerprint density at radius 1 is 1.00 bits per heavy atom. The van der Waals surface area contributed by atoms with Crippen LogP contribution in [-0.4, -0.2) is 41.4 Å². The second-order valence-electron chi connectivity index (χ2n) is 9.50. The van der Waals surface area contributed by atoms with Gasteiger partial charge in [-0.1, -0.05) is 44.2 Å². The van der Waals surface area contributed by atoms with E-state index >= 15 is 0 Å². The zero-order valence-corrected chi connectivity index (χ0v) is 20.4. The summed E-state index contributed by atoms with van der Waals surface area (Å²) in [5.41, 5.74) is 1.51. The standard InChI is InChI=1S/C23H28FNO3.C6H6O/c1-15-9-10-25(14-15)11-12-27-18-5-3-17(4-6-18)21-13-16(2)22-20(28-21)8-7-19(26)23(22)24;7-6-4-2-1-3-5-6/h3-8,15-16,21,26H,9-14H2,1-2H3;1-5,7H/t15?,16?,21-;/m1./s1. The van der Waals surface area contributed by atoms with E-state index < -0.39 is 5.82 Å². The fourth-order valence-electron chi connectivity index (χ4n) is 4.70. The van der Waals surface area contributed by atoms with Crippen molar-refractivity contribution >= 4 is 0 Å². The number of likely N-dealkylation sites (tertiary alicyclic amines) is 1. The number of nitrogens with zero attached hydrogens (tertiary/aromatic N) is 1. The van der Waals surface area contributed by atoms with Gasteiger partial charge in [-0.25, -0.2) is 4.39 Å². The minimum atomic E-state index is -0.570. The summed E-state index contributed by atoms with van der Waals surface area (Å²) in [6.45, 7) is 8.25. The molecule has 0 spiro atoms. The molecular formula is C29H34FNO4. The molecule has 5 nitrogen and oxygen atoms in total. The molecule has 0 saturated carbocycles. The lowest BCUT2D eigenvalue weighted by molar-refractivity contribution is 0.160. The zero-order chi connectivity index (χ0) is 24.8. The Kier molecular flexibility index (Phi) is 8.13. The van der Waals surface area contributed by atoms with Gasteiger partial charge in [-0.05, 0) is 73.2 Å². The molecule has 0 radical (unpaired) electrons. The molecule has 1 fully saturated rings. The average molecular weight is 480 g/mol. The highest BCUT2D eigenvalue weighted by Crippen LogP contribution is 2.45. The number of hydrogen-bond acceptors (Lipinski definition) is 5. The number of fused-ring (bicyclic) bond motifs is 1. The van der Waals surface area contributed by atoms with Crippen molar-refractivity contribution in [3.63, 3.8) is 0 Å². The van der Waals surface area contributed by atoms with Crippen molar-refractivity contribution in [3.8, 4) is 23.0 Å². The quantitative estimate of drug-likeness (QED) is 0.452. The van der Waals surface area contributed by atoms with Gasteiger partial charge in [0.2, 0.25) is 0 Å². The summed E-state index contributed by atoms with van der Waals surface area (Å²) in [6.07, 6.45) is 1.81. The summed E-state index contributed by atoms with van der Waals surface area (Å²) < 4.78 is 26.1. The molecule has 0 amide bonds. The van der Waals surface area contributed by atoms with Gasteiger partial charge in [0.1, 0.15) is 30.0 Å². The first-order chi connectivity index (χ1) is 16.9. The lowest BCUT2D eigenvalue weighted by atomic mass is 9.88. The number of para-hydroxylation sites is 1. The monoisotopic (exact) mass is 479 g/mol. The summed E-state index contributed by atoms with van der Waals surface area (Å²) in [6, 6.07) is 19.7. The highest BCUT2D eigenvalue weighted by atomic mass is 19.1. The number of halogens is 1. The van der Waals surface area contributed by atoms with Gasteiger partial charge in [0.15, 0.2) is 11.6 Å². The molecule has 35 heavy (non-hydrogen) atoms. The Hall–Kier alpha value is -3.25. The van der Waals surface area contributed by atoms with Crippen molar-refractivity contribution in [1.29, 1.82) is 0 Å². The molecule has 2 unspecified atom stereocenters. The first-order valence-corrected chi connectivity index (χ1v) is 12.3. The van der Waals surface area contributed by atoms with Crippen LogP contribution in [0.1, 0.15) is 49.8 Å². The van der Waals surface area contributed by atoms with E-state index in [4.69, 9.17) is 14.6 Å². The second kappa shape index (κ2) is 11.5. The molecule has 2 heterocycles. The van der Waals surface area contributed by atoms with Gasteiger partial charge >= 0.3 is 0 Å². The molecule has 186 valence electrons. The van der Waals surface area contributed by atoms with Crippen LogP contribution in [0.15, 0.2) is 66.7 Å². The summed E-state index contributed by atoms with van der Waals surface area (Å²) >= 11 is 0. The van der Waals surface area contributed by atoms with Gasteiger partial charge in [0, 0.05) is 18.7 Å². The number of hydrogen-bond donors (Lipinski definition) is 2. The van der Waals surface area contributed by atoms with Crippen LogP contribution >= 0.6 is 0 Å². The number of aromatic hydroxyl groups is 2. The van der Waals surface area contributed by atoms with Gasteiger partial charge in [-0.2, -0.15) is 0 Å². The fraction of sp³-hybridized carbons (Fsp3) is 0.379. The van der Waals surface area contributed by atoms with Gasteiger partial charge in [-0.3, -0.25) is 4.90 Å². The van der Waals surface area contributed by atoms with Crippen molar-refractivity contribution in [2.45, 2.75) is 38.7 Å². The van der Waals surface area contributed by atoms with Crippen LogP contribution in [0.5, 0.6) is 23.0 Å². The van der Waals surface area contributed by atoms with Crippen LogP contribution in [0, 0.1) is 11.7 Å². The third-order valence-electron chi connectivity index (χ3n) is 6.64. The van der Waals surface area contributed by atoms with Gasteiger partial charge < -0.3 is 19.7 Å². The topological polar surface area (TPSA) is 62.2 Å². The van der Waals surface area contributed by atoms with Crippen LogP contribution in [0.25, 0.3) is 0 Å². The molecule has 2 aliphatic heterocycles. The predicted molar refractivity (Wildman–Crippen MR) is 135 cm³/mol. The van der Waals surface area contributed by atoms with Gasteiger partial charge in [0.25, 0.3) is 0 Å². The molecule has 3 aromatic carbocycles. The van der Waals surface area contributed by atoms with E-state index in [1.807, 2.05) is 37.3 Å². The van der Waals surface area contributed by atoms with Crippen molar-refractivity contribution in [2.75, 3.05) is 26.2 Å². The average Bonchev–Trinajstić information content (AvgIpc) is 3.27. The van der Waals surface area contributed by atoms with Crippen LogP contribution in [-0.2, 0) is 0 Å². The Morgan fingerprint density at radius 2 is 1.74 bits per heavy atom. The molecule has 3 aromatic rings. The summed E-state index contributed by atoms with van der Waals surface area (Å²) in [5, 5.41) is 18.2. The summed E-state index contributed by atoms with van der Waals surface area (Å²) in [7, 11) is 0. The van der Waals surface area contributed by atoms with E-state index in [1.54, 1.807) is 30.3 Å². The van der Waals surface area contributed by atoms with Crippen LogP contribution in [0.2, 0.25) is 0 Å². The van der Waals surface area contributed by atoms with Gasteiger partial charge in [0.05, 0.1) is 0 Å². The molecule has 0 aliphatic carbocycles. The maximum Gasteiger partial charge on any atom is 0.171 e. The number of phenols is 2. The molecule has 2 aliphatic rings. The first-order valence-electron chi connectivity index (χ1n) is 12.3. The van der Waals surface area contributed by atoms with Crippen LogP contribution in [0.4, 0.5) is 4.39 Å². The van der Waals surface area contributed by atoms with Crippen LogP contribution < -0.4 is 9.47 Å². The van der Waals surface area contributed by atoms with E-state index in [2.05, 4.69) is 11.8 Å². The van der Waals surface area contributed by atoms with Gasteiger partial charge in [-0.15, -0.1) is 0 Å². The Balaban J connectivity index is 0.000000356. The molecule has 6 heteroatoms. The SMILES string of the molecule is CC1CCN(CCOc2ccc([C@H]3CC(C)c4c(ccc(O)c4F)O3)cc2)C1.Oc1ccccc1. The van der Waals surface area contributed by atoms with E-state index in [0.29, 0.717) is 30.1 Å². The normalized spacial score (nSPS) is 21.4. The molecule has 1 saturated heterocycles. The van der Waals surface area contributed by atoms with Crippen molar-refractivity contribution in [2.24, 2.45) is 5.92 Å². The highest BCUT2D eigenvalue weighted by Gasteiger charge is 2.30. The minimum Gasteiger partial charge on any atom is -0.508 e. The van der Waals surface area contributed by atoms with Crippen LogP contribution in [0.3, 0.4) is 0 Å². The van der Waals surface area contributed by atoms with E-state index in [9.17, 15) is 9.50 Å². The lowest BCUT2D eigenvalue weighted by Crippen LogP contribution is -2.25. The number of phenolic OH excluding ortho intramolecular Hbond substituents is 2. The molecule has 2 N–H and O–H groups in total. The Bertz CT molecular complexity index is 1090. The number of ether oxygens (including phenoxy) is 2.